The van der Waals surface area contributed by atoms with Crippen molar-refractivity contribution in [2.24, 2.45) is 0 Å². The van der Waals surface area contributed by atoms with Crippen molar-refractivity contribution in [2.75, 3.05) is 19.7 Å². The van der Waals surface area contributed by atoms with E-state index < -0.39 is 12.1 Å². The average Bonchev–Trinajstić information content (AvgIpc) is 2.71. The highest BCUT2D eigenvalue weighted by atomic mass is 35.5. The molecular weight excluding hydrogens is 394 g/mol. The number of aryl methyl sites for hydroxylation is 2. The van der Waals surface area contributed by atoms with Crippen LogP contribution in [0, 0.1) is 0 Å². The predicted molar refractivity (Wildman–Crippen MR) is 111 cm³/mol. The molecule has 3 rings (SSSR count). The van der Waals surface area contributed by atoms with Crippen LogP contribution in [0.4, 0.5) is 0 Å². The molecule has 2 atom stereocenters. The molecule has 3 N–H and O–H groups in total. The third-order valence-corrected chi connectivity index (χ3v) is 5.04. The molecule has 0 aromatic heterocycles. The van der Waals surface area contributed by atoms with Crippen molar-refractivity contribution in [3.8, 4) is 11.5 Å². The van der Waals surface area contributed by atoms with Gasteiger partial charge in [-0.2, -0.15) is 0 Å². The molecule has 0 unspecified atom stereocenters. The van der Waals surface area contributed by atoms with Gasteiger partial charge in [0, 0.05) is 24.5 Å². The number of rotatable bonds is 10. The van der Waals surface area contributed by atoms with E-state index in [1.165, 1.54) is 0 Å². The summed E-state index contributed by atoms with van der Waals surface area (Å²) in [5.74, 6) is 0.739. The van der Waals surface area contributed by atoms with Crippen LogP contribution in [0.3, 0.4) is 0 Å². The Hall–Kier alpha value is -2.28. The fraction of sp³-hybridized carbons (Fsp3) is 0.409. The second-order valence-corrected chi connectivity index (χ2v) is 7.63. The Morgan fingerprint density at radius 3 is 2.83 bits per heavy atom. The van der Waals surface area contributed by atoms with Crippen LogP contribution < -0.4 is 14.8 Å². The zero-order chi connectivity index (χ0) is 20.6. The van der Waals surface area contributed by atoms with E-state index in [1.807, 2.05) is 18.2 Å². The SMILES string of the molecule is O=C(O)CCc1ccc2c(c1)CC[C@H](CNC[C@H](O)COc1ccc(Cl)cc1)O2. The molecule has 0 saturated carbocycles. The zero-order valence-electron chi connectivity index (χ0n) is 16.1. The fourth-order valence-electron chi connectivity index (χ4n) is 3.24. The Kier molecular flexibility index (Phi) is 7.75. The van der Waals surface area contributed by atoms with Gasteiger partial charge in [-0.25, -0.2) is 0 Å². The molecule has 0 amide bonds. The van der Waals surface area contributed by atoms with Crippen LogP contribution in [0.2, 0.25) is 5.02 Å². The van der Waals surface area contributed by atoms with Gasteiger partial charge in [-0.3, -0.25) is 4.79 Å². The molecule has 0 bridgehead atoms. The Bertz CT molecular complexity index is 811. The van der Waals surface area contributed by atoms with E-state index in [-0.39, 0.29) is 19.1 Å². The molecule has 0 aliphatic carbocycles. The number of carbonyl (C=O) groups is 1. The summed E-state index contributed by atoms with van der Waals surface area (Å²) in [5.41, 5.74) is 2.15. The molecule has 0 spiro atoms. The van der Waals surface area contributed by atoms with Gasteiger partial charge in [0.05, 0.1) is 0 Å². The number of ether oxygens (including phenoxy) is 2. The van der Waals surface area contributed by atoms with Crippen LogP contribution in [-0.4, -0.2) is 48.1 Å². The van der Waals surface area contributed by atoms with Gasteiger partial charge >= 0.3 is 5.97 Å². The fourth-order valence-corrected chi connectivity index (χ4v) is 3.37. The van der Waals surface area contributed by atoms with Crippen molar-refractivity contribution in [3.05, 3.63) is 58.6 Å². The number of hydrogen-bond acceptors (Lipinski definition) is 5. The third kappa shape index (κ3) is 6.92. The van der Waals surface area contributed by atoms with E-state index >= 15 is 0 Å². The molecular formula is C22H26ClNO5. The number of aliphatic hydroxyl groups is 1. The molecule has 0 fully saturated rings. The van der Waals surface area contributed by atoms with Crippen LogP contribution in [0.15, 0.2) is 42.5 Å². The van der Waals surface area contributed by atoms with Gasteiger partial charge in [-0.15, -0.1) is 0 Å². The molecule has 2 aromatic carbocycles. The van der Waals surface area contributed by atoms with E-state index in [0.29, 0.717) is 30.3 Å². The van der Waals surface area contributed by atoms with Crippen molar-refractivity contribution in [2.45, 2.75) is 37.9 Å². The maximum atomic E-state index is 10.7. The van der Waals surface area contributed by atoms with E-state index in [2.05, 4.69) is 5.32 Å². The van der Waals surface area contributed by atoms with Gasteiger partial charge in [-0.1, -0.05) is 23.7 Å². The number of benzene rings is 2. The number of hydrogen-bond donors (Lipinski definition) is 3. The Labute approximate surface area is 175 Å². The highest BCUT2D eigenvalue weighted by Gasteiger charge is 2.20. The first-order valence-electron chi connectivity index (χ1n) is 9.77. The lowest BCUT2D eigenvalue weighted by Gasteiger charge is -2.27. The van der Waals surface area contributed by atoms with Crippen LogP contribution in [-0.2, 0) is 17.6 Å². The normalized spacial score (nSPS) is 16.6. The van der Waals surface area contributed by atoms with Gasteiger partial charge in [0.2, 0.25) is 0 Å². The Balaban J connectivity index is 1.37. The van der Waals surface area contributed by atoms with E-state index in [4.69, 9.17) is 26.2 Å². The molecule has 1 aliphatic rings. The monoisotopic (exact) mass is 419 g/mol. The number of carboxylic acids is 1. The van der Waals surface area contributed by atoms with Gasteiger partial charge < -0.3 is 25.0 Å². The molecule has 7 heteroatoms. The molecule has 6 nitrogen and oxygen atoms in total. The van der Waals surface area contributed by atoms with Crippen molar-refractivity contribution >= 4 is 17.6 Å². The summed E-state index contributed by atoms with van der Waals surface area (Å²) < 4.78 is 11.6. The molecule has 2 aromatic rings. The summed E-state index contributed by atoms with van der Waals surface area (Å²) >= 11 is 5.83. The highest BCUT2D eigenvalue weighted by molar-refractivity contribution is 6.30. The van der Waals surface area contributed by atoms with Gasteiger partial charge in [0.25, 0.3) is 0 Å². The van der Waals surface area contributed by atoms with Crippen LogP contribution >= 0.6 is 11.6 Å². The first-order valence-corrected chi connectivity index (χ1v) is 10.1. The lowest BCUT2D eigenvalue weighted by atomic mass is 9.98. The van der Waals surface area contributed by atoms with Crippen LogP contribution in [0.25, 0.3) is 0 Å². The summed E-state index contributed by atoms with van der Waals surface area (Å²) in [4.78, 5) is 10.7. The number of halogens is 1. The first kappa shape index (κ1) is 21.4. The zero-order valence-corrected chi connectivity index (χ0v) is 16.9. The van der Waals surface area contributed by atoms with Gasteiger partial charge in [0.15, 0.2) is 0 Å². The van der Waals surface area contributed by atoms with Gasteiger partial charge in [-0.05, 0) is 60.7 Å². The first-order chi connectivity index (χ1) is 14.0. The molecule has 0 saturated heterocycles. The number of aliphatic carboxylic acids is 1. The van der Waals surface area contributed by atoms with Gasteiger partial charge in [0.1, 0.15) is 30.3 Å². The quantitative estimate of drug-likeness (QED) is 0.548. The maximum absolute atomic E-state index is 10.7. The topological polar surface area (TPSA) is 88.0 Å². The molecule has 1 aliphatic heterocycles. The van der Waals surface area contributed by atoms with Crippen molar-refractivity contribution < 1.29 is 24.5 Å². The number of fused-ring (bicyclic) bond motifs is 1. The van der Waals surface area contributed by atoms with Crippen molar-refractivity contribution in [1.82, 2.24) is 5.32 Å². The van der Waals surface area contributed by atoms with Crippen molar-refractivity contribution in [3.63, 3.8) is 0 Å². The van der Waals surface area contributed by atoms with E-state index in [1.54, 1.807) is 24.3 Å². The standard InChI is InChI=1S/C22H26ClNO5/c23-17-4-7-19(8-5-17)28-14-18(25)12-24-13-20-6-3-16-11-15(2-10-22(26)27)1-9-21(16)29-20/h1,4-5,7-9,11,18,20,24-25H,2-3,6,10,12-14H2,(H,26,27)/t18-,20+/m0/s1. The molecule has 156 valence electrons. The second kappa shape index (κ2) is 10.5. The number of nitrogens with one attached hydrogen (secondary N) is 1. The molecule has 1 heterocycles. The smallest absolute Gasteiger partial charge is 0.303 e. The highest BCUT2D eigenvalue weighted by Crippen LogP contribution is 2.28. The van der Waals surface area contributed by atoms with E-state index in [9.17, 15) is 9.90 Å². The summed E-state index contributed by atoms with van der Waals surface area (Å²) in [5, 5.41) is 22.8. The lowest BCUT2D eigenvalue weighted by Crippen LogP contribution is -2.39. The Morgan fingerprint density at radius 2 is 2.07 bits per heavy atom. The van der Waals surface area contributed by atoms with E-state index in [0.717, 1.165) is 29.7 Å². The summed E-state index contributed by atoms with van der Waals surface area (Å²) in [6.45, 7) is 1.24. The summed E-state index contributed by atoms with van der Waals surface area (Å²) in [6, 6.07) is 12.9. The van der Waals surface area contributed by atoms with Crippen LogP contribution in [0.1, 0.15) is 24.0 Å². The predicted octanol–water partition coefficient (Wildman–Crippen LogP) is 3.08. The molecule has 29 heavy (non-hydrogen) atoms. The maximum Gasteiger partial charge on any atom is 0.303 e. The third-order valence-electron chi connectivity index (χ3n) is 4.79. The summed E-state index contributed by atoms with van der Waals surface area (Å²) in [7, 11) is 0. The average molecular weight is 420 g/mol. The lowest BCUT2D eigenvalue weighted by molar-refractivity contribution is -0.136. The number of aliphatic hydroxyl groups excluding tert-OH is 1. The minimum Gasteiger partial charge on any atom is -0.491 e. The molecule has 0 radical (unpaired) electrons. The minimum absolute atomic E-state index is 0.0387. The number of carboxylic acid groups (broad SMARTS) is 1. The summed E-state index contributed by atoms with van der Waals surface area (Å²) in [6.07, 6.45) is 1.85. The second-order valence-electron chi connectivity index (χ2n) is 7.19. The minimum atomic E-state index is -0.786. The largest absolute Gasteiger partial charge is 0.491 e. The van der Waals surface area contributed by atoms with Crippen LogP contribution in [0.5, 0.6) is 11.5 Å². The Morgan fingerprint density at radius 1 is 1.28 bits per heavy atom. The van der Waals surface area contributed by atoms with Crippen molar-refractivity contribution in [1.29, 1.82) is 0 Å².